The van der Waals surface area contributed by atoms with Gasteiger partial charge in [-0.05, 0) is 23.8 Å². The Morgan fingerprint density at radius 1 is 1.28 bits per heavy atom. The first-order valence-electron chi connectivity index (χ1n) is 8.50. The van der Waals surface area contributed by atoms with Crippen molar-refractivity contribution in [3.8, 4) is 0 Å². The molecule has 0 fully saturated rings. The van der Waals surface area contributed by atoms with E-state index >= 15 is 0 Å². The van der Waals surface area contributed by atoms with Crippen molar-refractivity contribution in [2.75, 3.05) is 32.1 Å². The fourth-order valence-electron chi connectivity index (χ4n) is 3.20. The van der Waals surface area contributed by atoms with E-state index in [4.69, 9.17) is 0 Å². The number of nitrogens with zero attached hydrogens (tertiary/aromatic N) is 4. The second kappa shape index (κ2) is 7.42. The summed E-state index contributed by atoms with van der Waals surface area (Å²) in [7, 11) is 5.83. The first-order chi connectivity index (χ1) is 12.1. The maximum atomic E-state index is 12.2. The van der Waals surface area contributed by atoms with Crippen molar-refractivity contribution in [2.45, 2.75) is 13.0 Å². The molecule has 1 aromatic carbocycles. The number of hydrogen-bond acceptors (Lipinski definition) is 2. The highest BCUT2D eigenvalue weighted by atomic mass is 16.2. The molecule has 6 nitrogen and oxygen atoms in total. The summed E-state index contributed by atoms with van der Waals surface area (Å²) in [5, 5.41) is 3.35. The lowest BCUT2D eigenvalue weighted by atomic mass is 10.2. The van der Waals surface area contributed by atoms with Gasteiger partial charge in [-0.25, -0.2) is 0 Å². The van der Waals surface area contributed by atoms with Gasteiger partial charge in [-0.15, -0.1) is 0 Å². The van der Waals surface area contributed by atoms with Gasteiger partial charge in [-0.1, -0.05) is 18.2 Å². The second-order valence-corrected chi connectivity index (χ2v) is 6.29. The zero-order valence-electron chi connectivity index (χ0n) is 15.1. The number of fused-ring (bicyclic) bond motifs is 1. The molecule has 0 aliphatic carbocycles. The second-order valence-electron chi connectivity index (χ2n) is 6.29. The molecule has 132 valence electrons. The van der Waals surface area contributed by atoms with E-state index in [9.17, 15) is 4.79 Å². The van der Waals surface area contributed by atoms with Gasteiger partial charge in [0.15, 0.2) is 5.96 Å². The molecule has 1 aromatic heterocycles. The molecule has 1 amide bonds. The number of nitrogens with one attached hydrogen (secondary N) is 1. The van der Waals surface area contributed by atoms with Crippen molar-refractivity contribution < 1.29 is 4.79 Å². The summed E-state index contributed by atoms with van der Waals surface area (Å²) < 4.78 is 2.10. The average Bonchev–Trinajstić information content (AvgIpc) is 3.14. The number of para-hydroxylation sites is 1. The average molecular weight is 339 g/mol. The monoisotopic (exact) mass is 339 g/mol. The van der Waals surface area contributed by atoms with Gasteiger partial charge in [0, 0.05) is 51.8 Å². The zero-order valence-corrected chi connectivity index (χ0v) is 15.1. The fraction of sp³-hybridized carbons (Fsp3) is 0.368. The summed E-state index contributed by atoms with van der Waals surface area (Å²) in [5.74, 6) is 0.983. The molecule has 0 bridgehead atoms. The molecule has 1 aliphatic rings. The molecule has 1 aliphatic heterocycles. The van der Waals surface area contributed by atoms with Crippen molar-refractivity contribution in [3.63, 3.8) is 0 Å². The lowest BCUT2D eigenvalue weighted by Gasteiger charge is -2.24. The van der Waals surface area contributed by atoms with E-state index < -0.39 is 0 Å². The third-order valence-electron chi connectivity index (χ3n) is 4.57. The van der Waals surface area contributed by atoms with Crippen LogP contribution in [-0.4, -0.2) is 48.5 Å². The third kappa shape index (κ3) is 3.68. The summed E-state index contributed by atoms with van der Waals surface area (Å²) in [6, 6.07) is 12.1. The van der Waals surface area contributed by atoms with Gasteiger partial charge in [-0.3, -0.25) is 9.79 Å². The van der Waals surface area contributed by atoms with Gasteiger partial charge in [0.1, 0.15) is 0 Å². The van der Waals surface area contributed by atoms with Gasteiger partial charge in [0.2, 0.25) is 5.91 Å². The molecule has 0 saturated heterocycles. The molecular weight excluding hydrogens is 314 g/mol. The van der Waals surface area contributed by atoms with Crippen molar-refractivity contribution >= 4 is 17.6 Å². The number of guanidine groups is 1. The molecule has 1 N–H and O–H groups in total. The molecule has 0 radical (unpaired) electrons. The van der Waals surface area contributed by atoms with Crippen LogP contribution in [-0.2, 0) is 24.8 Å². The molecule has 25 heavy (non-hydrogen) atoms. The SMILES string of the molecule is CN=C(NCCN1C(=O)Cc2ccccc21)N(C)Cc1cccn1C. The lowest BCUT2D eigenvalue weighted by molar-refractivity contribution is -0.117. The predicted octanol–water partition coefficient (Wildman–Crippen LogP) is 1.62. The summed E-state index contributed by atoms with van der Waals surface area (Å²) in [6.45, 7) is 2.06. The molecule has 0 spiro atoms. The van der Waals surface area contributed by atoms with Crippen LogP contribution in [0.25, 0.3) is 0 Å². The predicted molar refractivity (Wildman–Crippen MR) is 101 cm³/mol. The van der Waals surface area contributed by atoms with Gasteiger partial charge >= 0.3 is 0 Å². The molecule has 2 heterocycles. The highest BCUT2D eigenvalue weighted by molar-refractivity contribution is 6.01. The highest BCUT2D eigenvalue weighted by Gasteiger charge is 2.26. The van der Waals surface area contributed by atoms with Gasteiger partial charge in [-0.2, -0.15) is 0 Å². The number of benzene rings is 1. The van der Waals surface area contributed by atoms with Crippen LogP contribution in [0.4, 0.5) is 5.69 Å². The number of aryl methyl sites for hydroxylation is 1. The first kappa shape index (κ1) is 17.1. The van der Waals surface area contributed by atoms with E-state index in [0.717, 1.165) is 23.8 Å². The van der Waals surface area contributed by atoms with E-state index in [2.05, 4.69) is 25.8 Å². The van der Waals surface area contributed by atoms with Crippen LogP contribution in [0.2, 0.25) is 0 Å². The molecular formula is C19H25N5O. The number of carbonyl (C=O) groups excluding carboxylic acids is 1. The fourth-order valence-corrected chi connectivity index (χ4v) is 3.20. The van der Waals surface area contributed by atoms with E-state index in [0.29, 0.717) is 19.5 Å². The van der Waals surface area contributed by atoms with Crippen molar-refractivity contribution in [1.29, 1.82) is 0 Å². The number of carbonyl (C=O) groups is 1. The van der Waals surface area contributed by atoms with Crippen LogP contribution in [0.1, 0.15) is 11.3 Å². The van der Waals surface area contributed by atoms with E-state index in [1.54, 1.807) is 7.05 Å². The number of hydrogen-bond donors (Lipinski definition) is 1. The molecule has 0 atom stereocenters. The third-order valence-corrected chi connectivity index (χ3v) is 4.57. The standard InChI is InChI=1S/C19H25N5O/c1-20-19(23(3)14-16-8-6-11-22(16)2)21-10-12-24-17-9-5-4-7-15(17)13-18(24)25/h4-9,11H,10,12-14H2,1-3H3,(H,20,21). The maximum Gasteiger partial charge on any atom is 0.231 e. The first-order valence-corrected chi connectivity index (χ1v) is 8.50. The normalized spacial score (nSPS) is 14.0. The molecule has 0 unspecified atom stereocenters. The Kier molecular flexibility index (Phi) is 5.07. The Labute approximate surface area is 148 Å². The summed E-state index contributed by atoms with van der Waals surface area (Å²) in [4.78, 5) is 20.5. The van der Waals surface area contributed by atoms with Crippen LogP contribution in [0, 0.1) is 0 Å². The Balaban J connectivity index is 1.55. The van der Waals surface area contributed by atoms with Gasteiger partial charge < -0.3 is 19.7 Å². The Bertz CT molecular complexity index is 780. The van der Waals surface area contributed by atoms with Crippen molar-refractivity contribution in [1.82, 2.24) is 14.8 Å². The maximum absolute atomic E-state index is 12.2. The van der Waals surface area contributed by atoms with E-state index in [-0.39, 0.29) is 5.91 Å². The Hall–Kier alpha value is -2.76. The van der Waals surface area contributed by atoms with Crippen LogP contribution in [0.15, 0.2) is 47.6 Å². The Morgan fingerprint density at radius 2 is 2.08 bits per heavy atom. The van der Waals surface area contributed by atoms with E-state index in [1.807, 2.05) is 55.5 Å². The Morgan fingerprint density at radius 3 is 2.80 bits per heavy atom. The lowest BCUT2D eigenvalue weighted by Crippen LogP contribution is -2.43. The highest BCUT2D eigenvalue weighted by Crippen LogP contribution is 2.27. The minimum Gasteiger partial charge on any atom is -0.354 e. The smallest absolute Gasteiger partial charge is 0.231 e. The van der Waals surface area contributed by atoms with Crippen LogP contribution < -0.4 is 10.2 Å². The van der Waals surface area contributed by atoms with Crippen molar-refractivity contribution in [3.05, 3.63) is 53.9 Å². The topological polar surface area (TPSA) is 52.9 Å². The number of aromatic nitrogens is 1. The zero-order chi connectivity index (χ0) is 17.8. The minimum absolute atomic E-state index is 0.162. The summed E-state index contributed by atoms with van der Waals surface area (Å²) >= 11 is 0. The van der Waals surface area contributed by atoms with Crippen molar-refractivity contribution in [2.24, 2.45) is 12.0 Å². The van der Waals surface area contributed by atoms with Gasteiger partial charge in [0.25, 0.3) is 0 Å². The quantitative estimate of drug-likeness (QED) is 0.665. The summed E-state index contributed by atoms with van der Waals surface area (Å²) in [6.07, 6.45) is 2.54. The summed E-state index contributed by atoms with van der Waals surface area (Å²) in [5.41, 5.74) is 3.35. The molecule has 2 aromatic rings. The van der Waals surface area contributed by atoms with Crippen LogP contribution in [0.3, 0.4) is 0 Å². The van der Waals surface area contributed by atoms with E-state index in [1.165, 1.54) is 5.69 Å². The number of anilines is 1. The molecule has 6 heteroatoms. The molecule has 3 rings (SSSR count). The largest absolute Gasteiger partial charge is 0.354 e. The van der Waals surface area contributed by atoms with Crippen LogP contribution in [0.5, 0.6) is 0 Å². The van der Waals surface area contributed by atoms with Gasteiger partial charge in [0.05, 0.1) is 13.0 Å². The number of amides is 1. The number of rotatable bonds is 5. The molecule has 0 saturated carbocycles. The minimum atomic E-state index is 0.162. The number of aliphatic imine (C=N–C) groups is 1. The van der Waals surface area contributed by atoms with Crippen LogP contribution >= 0.6 is 0 Å².